The number of carbonyl (C=O) groups excluding carboxylic acids is 4. The van der Waals surface area contributed by atoms with Crippen molar-refractivity contribution in [1.82, 2.24) is 10.6 Å². The summed E-state index contributed by atoms with van der Waals surface area (Å²) in [7, 11) is 2.94. The van der Waals surface area contributed by atoms with Crippen molar-refractivity contribution < 1.29 is 38.5 Å². The molecule has 2 bridgehead atoms. The number of hydrogen-bond acceptors (Lipinski definition) is 9. The molecule has 1 aliphatic heterocycles. The Hall–Kier alpha value is -3.54. The van der Waals surface area contributed by atoms with E-state index in [1.54, 1.807) is 32.1 Å². The smallest absolute Gasteiger partial charge is 0.405 e. The first-order valence-corrected chi connectivity index (χ1v) is 14.2. The van der Waals surface area contributed by atoms with Gasteiger partial charge in [-0.3, -0.25) is 14.4 Å². The second-order valence-electron chi connectivity index (χ2n) is 10.9. The Kier molecular flexibility index (Phi) is 13.4. The molecule has 0 radical (unpaired) electrons. The van der Waals surface area contributed by atoms with Crippen molar-refractivity contribution in [2.24, 2.45) is 17.6 Å². The van der Waals surface area contributed by atoms with Gasteiger partial charge in [-0.15, -0.1) is 0 Å². The monoisotopic (exact) mass is 587 g/mol. The van der Waals surface area contributed by atoms with Crippen LogP contribution >= 0.6 is 0 Å². The van der Waals surface area contributed by atoms with Crippen molar-refractivity contribution in [1.29, 1.82) is 0 Å². The van der Waals surface area contributed by atoms with Crippen LogP contribution in [0.1, 0.15) is 53.9 Å². The van der Waals surface area contributed by atoms with E-state index in [0.717, 1.165) is 12.5 Å². The van der Waals surface area contributed by atoms with Crippen molar-refractivity contribution in [2.75, 3.05) is 20.8 Å². The zero-order valence-corrected chi connectivity index (χ0v) is 25.6. The molecule has 2 rings (SSSR count). The highest BCUT2D eigenvalue weighted by Crippen LogP contribution is 2.28. The lowest BCUT2D eigenvalue weighted by atomic mass is 9.85. The Balaban J connectivity index is 2.61. The first-order chi connectivity index (χ1) is 19.8. The lowest BCUT2D eigenvalue weighted by Gasteiger charge is -2.30. The van der Waals surface area contributed by atoms with E-state index in [1.807, 2.05) is 20.8 Å². The molecule has 42 heavy (non-hydrogen) atoms. The number of nitrogens with one attached hydrogen (secondary N) is 2. The highest BCUT2D eigenvalue weighted by atomic mass is 16.6. The van der Waals surface area contributed by atoms with Crippen LogP contribution in [-0.4, -0.2) is 73.9 Å². The summed E-state index contributed by atoms with van der Waals surface area (Å²) >= 11 is 0. The third-order valence-corrected chi connectivity index (χ3v) is 7.35. The number of fused-ring (bicyclic) bond motifs is 2. The number of allylic oxidation sites excluding steroid dienone is 4. The van der Waals surface area contributed by atoms with Crippen molar-refractivity contribution in [3.8, 4) is 0 Å². The number of ether oxygens (including phenoxy) is 3. The maximum atomic E-state index is 13.6. The molecule has 232 valence electrons. The quantitative estimate of drug-likeness (QED) is 0.270. The lowest BCUT2D eigenvalue weighted by molar-refractivity contribution is -0.120. The Bertz CT molecular complexity index is 1180. The molecular weight excluding hydrogens is 542 g/mol. The van der Waals surface area contributed by atoms with Crippen molar-refractivity contribution in [2.45, 2.75) is 78.3 Å². The number of hydrogen-bond donors (Lipinski definition) is 4. The standard InChI is InChI=1S/C31H45N3O8/c1-8-12-33-26-21-13-17(2)14-25(41-7)27(36)19(4)15-20(5)29(42-31(32)39)24(40-6)11-9-10-18(3)30(38)34-22(28(21)37)16-23(26)35/h9-11,15-17,19,24-25,27,29,33,36H,8,12-14H2,1-7H3,(H2,32,39)(H,34,38)/t17?,19-,24?,25?,27+,29?/m1/s1. The van der Waals surface area contributed by atoms with Gasteiger partial charge in [0.2, 0.25) is 11.6 Å². The van der Waals surface area contributed by atoms with Gasteiger partial charge in [-0.05, 0) is 44.6 Å². The van der Waals surface area contributed by atoms with Crippen molar-refractivity contribution >= 4 is 23.6 Å². The van der Waals surface area contributed by atoms with Gasteiger partial charge in [-0.25, -0.2) is 4.79 Å². The average Bonchev–Trinajstić information content (AvgIpc) is 2.94. The molecule has 0 spiro atoms. The molecule has 2 aliphatic rings. The summed E-state index contributed by atoms with van der Waals surface area (Å²) in [5.74, 6) is -2.01. The number of Topliss-reactive ketones (excluding diaryl/α,β-unsaturated/α-hetero) is 1. The largest absolute Gasteiger partial charge is 0.439 e. The van der Waals surface area contributed by atoms with Crippen LogP contribution in [0.4, 0.5) is 4.79 Å². The van der Waals surface area contributed by atoms with Gasteiger partial charge in [-0.1, -0.05) is 45.1 Å². The van der Waals surface area contributed by atoms with Gasteiger partial charge < -0.3 is 35.7 Å². The molecule has 4 unspecified atom stereocenters. The van der Waals surface area contributed by atoms with Crippen molar-refractivity contribution in [3.63, 3.8) is 0 Å². The summed E-state index contributed by atoms with van der Waals surface area (Å²) in [5, 5.41) is 16.9. The summed E-state index contributed by atoms with van der Waals surface area (Å²) in [4.78, 5) is 51.4. The molecule has 2 amide bonds. The number of rotatable bonds is 6. The molecule has 1 aliphatic carbocycles. The molecule has 11 nitrogen and oxygen atoms in total. The molecular formula is C31H45N3O8. The molecule has 0 aromatic carbocycles. The molecule has 5 N–H and O–H groups in total. The number of amides is 2. The number of aliphatic hydroxyl groups excluding tert-OH is 1. The van der Waals surface area contributed by atoms with E-state index in [1.165, 1.54) is 20.3 Å². The third-order valence-electron chi connectivity index (χ3n) is 7.35. The van der Waals surface area contributed by atoms with Crippen LogP contribution in [-0.2, 0) is 28.6 Å². The molecule has 11 heteroatoms. The molecule has 6 atom stereocenters. The number of nitrogens with two attached hydrogens (primary N) is 1. The number of primary amides is 1. The number of methoxy groups -OCH3 is 2. The van der Waals surface area contributed by atoms with Crippen LogP contribution in [0, 0.1) is 11.8 Å². The van der Waals surface area contributed by atoms with Gasteiger partial charge in [0.15, 0.2) is 6.10 Å². The Morgan fingerprint density at radius 2 is 1.86 bits per heavy atom. The van der Waals surface area contributed by atoms with E-state index in [4.69, 9.17) is 19.9 Å². The maximum absolute atomic E-state index is 13.6. The predicted octanol–water partition coefficient (Wildman–Crippen LogP) is 2.76. The number of aliphatic hydroxyl groups is 1. The minimum Gasteiger partial charge on any atom is -0.439 e. The fourth-order valence-electron chi connectivity index (χ4n) is 5.03. The molecule has 1 heterocycles. The minimum absolute atomic E-state index is 0.106. The van der Waals surface area contributed by atoms with E-state index >= 15 is 0 Å². The molecule has 0 fully saturated rings. The second-order valence-corrected chi connectivity index (χ2v) is 10.9. The minimum atomic E-state index is -0.995. The molecule has 0 aromatic heterocycles. The first-order valence-electron chi connectivity index (χ1n) is 14.2. The SMILES string of the molecule is CCCNC1=C2CC(C)CC(OC)[C@@H](O)[C@H](C)C=C(C)C(OC(N)=O)C(OC)C=CC=C(C)C(=O)NC(=CC1=O)C2=O. The van der Waals surface area contributed by atoms with E-state index in [2.05, 4.69) is 10.6 Å². The molecule has 0 aromatic rings. The lowest BCUT2D eigenvalue weighted by Crippen LogP contribution is -2.38. The molecule has 0 saturated carbocycles. The fraction of sp³-hybridized carbons (Fsp3) is 0.548. The summed E-state index contributed by atoms with van der Waals surface area (Å²) in [6.45, 7) is 9.47. The van der Waals surface area contributed by atoms with E-state index in [9.17, 15) is 24.3 Å². The number of ketones is 2. The Morgan fingerprint density at radius 3 is 2.45 bits per heavy atom. The highest BCUT2D eigenvalue weighted by molar-refractivity contribution is 6.23. The maximum Gasteiger partial charge on any atom is 0.405 e. The first kappa shape index (κ1) is 34.7. The third kappa shape index (κ3) is 9.23. The van der Waals surface area contributed by atoms with E-state index in [-0.39, 0.29) is 34.9 Å². The second kappa shape index (κ2) is 16.2. The van der Waals surface area contributed by atoms with Gasteiger partial charge in [0.1, 0.15) is 6.10 Å². The predicted molar refractivity (Wildman–Crippen MR) is 158 cm³/mol. The highest BCUT2D eigenvalue weighted by Gasteiger charge is 2.33. The van der Waals surface area contributed by atoms with Crippen LogP contribution in [0.15, 0.2) is 58.5 Å². The summed E-state index contributed by atoms with van der Waals surface area (Å²) in [6.07, 6.45) is 4.69. The summed E-state index contributed by atoms with van der Waals surface area (Å²) < 4.78 is 16.6. The van der Waals surface area contributed by atoms with E-state index < -0.39 is 53.9 Å². The molecule has 0 saturated heterocycles. The van der Waals surface area contributed by atoms with Crippen LogP contribution in [0.2, 0.25) is 0 Å². The van der Waals surface area contributed by atoms with Crippen LogP contribution in [0.3, 0.4) is 0 Å². The van der Waals surface area contributed by atoms with Gasteiger partial charge in [0.05, 0.1) is 23.6 Å². The van der Waals surface area contributed by atoms with Gasteiger partial charge >= 0.3 is 6.09 Å². The fourth-order valence-corrected chi connectivity index (χ4v) is 5.03. The van der Waals surface area contributed by atoms with Gasteiger partial charge in [0.25, 0.3) is 5.91 Å². The average molecular weight is 588 g/mol. The summed E-state index contributed by atoms with van der Waals surface area (Å²) in [5.41, 5.74) is 6.59. The van der Waals surface area contributed by atoms with Crippen LogP contribution in [0.25, 0.3) is 0 Å². The van der Waals surface area contributed by atoms with Crippen molar-refractivity contribution in [3.05, 3.63) is 58.5 Å². The van der Waals surface area contributed by atoms with Gasteiger partial charge in [0, 0.05) is 43.9 Å². The van der Waals surface area contributed by atoms with Crippen LogP contribution in [0.5, 0.6) is 0 Å². The van der Waals surface area contributed by atoms with Crippen LogP contribution < -0.4 is 16.4 Å². The van der Waals surface area contributed by atoms with Gasteiger partial charge in [-0.2, -0.15) is 0 Å². The topological polar surface area (TPSA) is 166 Å². The number of carbonyl (C=O) groups is 4. The zero-order valence-electron chi connectivity index (χ0n) is 25.6. The Labute approximate surface area is 247 Å². The normalized spacial score (nSPS) is 28.5. The zero-order chi connectivity index (χ0) is 31.6. The van der Waals surface area contributed by atoms with E-state index in [0.29, 0.717) is 18.5 Å². The Morgan fingerprint density at radius 1 is 1.17 bits per heavy atom. The summed E-state index contributed by atoms with van der Waals surface area (Å²) in [6, 6.07) is 0.